The SMILES string of the molecule is CC(NC(=O)Cc1cccc(O)c1)c1ccco1. The van der Waals surface area contributed by atoms with E-state index >= 15 is 0 Å². The van der Waals surface area contributed by atoms with Crippen LogP contribution < -0.4 is 5.32 Å². The van der Waals surface area contributed by atoms with Gasteiger partial charge in [0.1, 0.15) is 11.5 Å². The molecule has 94 valence electrons. The molecule has 1 aromatic carbocycles. The predicted molar refractivity (Wildman–Crippen MR) is 67.1 cm³/mol. The second-order valence-electron chi connectivity index (χ2n) is 4.15. The van der Waals surface area contributed by atoms with Gasteiger partial charge in [0, 0.05) is 0 Å². The van der Waals surface area contributed by atoms with E-state index in [4.69, 9.17) is 4.42 Å². The fraction of sp³-hybridized carbons (Fsp3) is 0.214. The number of hydrogen-bond donors (Lipinski definition) is 2. The van der Waals surface area contributed by atoms with E-state index in [1.54, 1.807) is 36.6 Å². The molecule has 1 heterocycles. The minimum absolute atomic E-state index is 0.107. The van der Waals surface area contributed by atoms with Crippen molar-refractivity contribution in [2.45, 2.75) is 19.4 Å². The van der Waals surface area contributed by atoms with Crippen molar-refractivity contribution in [1.29, 1.82) is 0 Å². The molecule has 0 bridgehead atoms. The summed E-state index contributed by atoms with van der Waals surface area (Å²) < 4.78 is 5.21. The lowest BCUT2D eigenvalue weighted by Gasteiger charge is -2.11. The van der Waals surface area contributed by atoms with E-state index in [0.717, 1.165) is 11.3 Å². The van der Waals surface area contributed by atoms with Crippen LogP contribution in [-0.2, 0) is 11.2 Å². The molecule has 1 amide bonds. The van der Waals surface area contributed by atoms with Crippen molar-refractivity contribution in [3.8, 4) is 5.75 Å². The Kier molecular flexibility index (Phi) is 3.67. The summed E-state index contributed by atoms with van der Waals surface area (Å²) in [6.45, 7) is 1.86. The minimum atomic E-state index is -0.162. The zero-order valence-electron chi connectivity index (χ0n) is 10.1. The first-order valence-electron chi connectivity index (χ1n) is 5.76. The highest BCUT2D eigenvalue weighted by atomic mass is 16.3. The topological polar surface area (TPSA) is 62.5 Å². The van der Waals surface area contributed by atoms with Gasteiger partial charge in [-0.2, -0.15) is 0 Å². The number of nitrogens with one attached hydrogen (secondary N) is 1. The first-order valence-corrected chi connectivity index (χ1v) is 5.76. The average Bonchev–Trinajstić information content (AvgIpc) is 2.81. The van der Waals surface area contributed by atoms with Crippen molar-refractivity contribution in [3.05, 3.63) is 54.0 Å². The van der Waals surface area contributed by atoms with E-state index in [2.05, 4.69) is 5.32 Å². The number of carbonyl (C=O) groups excluding carboxylic acids is 1. The number of furan rings is 1. The van der Waals surface area contributed by atoms with Crippen LogP contribution in [-0.4, -0.2) is 11.0 Å². The molecule has 1 aromatic heterocycles. The Morgan fingerprint density at radius 1 is 1.39 bits per heavy atom. The fourth-order valence-electron chi connectivity index (χ4n) is 1.75. The van der Waals surface area contributed by atoms with Gasteiger partial charge >= 0.3 is 0 Å². The molecule has 1 atom stereocenters. The summed E-state index contributed by atoms with van der Waals surface area (Å²) >= 11 is 0. The number of aromatic hydroxyl groups is 1. The number of benzene rings is 1. The molecule has 0 radical (unpaired) electrons. The second kappa shape index (κ2) is 5.40. The maximum atomic E-state index is 11.8. The quantitative estimate of drug-likeness (QED) is 0.869. The Labute approximate surface area is 105 Å². The van der Waals surface area contributed by atoms with Gasteiger partial charge in [-0.3, -0.25) is 4.79 Å². The summed E-state index contributed by atoms with van der Waals surface area (Å²) in [5.41, 5.74) is 0.777. The van der Waals surface area contributed by atoms with Crippen LogP contribution in [0.15, 0.2) is 47.1 Å². The number of phenolic OH excluding ortho intramolecular Hbond substituents is 1. The lowest BCUT2D eigenvalue weighted by molar-refractivity contribution is -0.121. The van der Waals surface area contributed by atoms with Crippen LogP contribution in [0.25, 0.3) is 0 Å². The molecule has 4 nitrogen and oxygen atoms in total. The van der Waals surface area contributed by atoms with E-state index in [1.807, 2.05) is 13.0 Å². The van der Waals surface area contributed by atoms with Crippen molar-refractivity contribution in [2.24, 2.45) is 0 Å². The van der Waals surface area contributed by atoms with Crippen molar-refractivity contribution >= 4 is 5.91 Å². The van der Waals surface area contributed by atoms with Gasteiger partial charge in [-0.1, -0.05) is 12.1 Å². The number of amides is 1. The zero-order valence-corrected chi connectivity index (χ0v) is 10.1. The van der Waals surface area contributed by atoms with Crippen LogP contribution in [0, 0.1) is 0 Å². The average molecular weight is 245 g/mol. The monoisotopic (exact) mass is 245 g/mol. The second-order valence-corrected chi connectivity index (χ2v) is 4.15. The third kappa shape index (κ3) is 3.13. The Hall–Kier alpha value is -2.23. The maximum absolute atomic E-state index is 11.8. The molecule has 2 N–H and O–H groups in total. The van der Waals surface area contributed by atoms with E-state index in [1.165, 1.54) is 0 Å². The van der Waals surface area contributed by atoms with Gasteiger partial charge in [0.15, 0.2) is 0 Å². The van der Waals surface area contributed by atoms with Crippen LogP contribution in [0.2, 0.25) is 0 Å². The van der Waals surface area contributed by atoms with Crippen LogP contribution in [0.1, 0.15) is 24.3 Å². The normalized spacial score (nSPS) is 12.1. The molecule has 0 aliphatic heterocycles. The summed E-state index contributed by atoms with van der Waals surface area (Å²) in [4.78, 5) is 11.8. The molecule has 2 aromatic rings. The molecule has 4 heteroatoms. The lowest BCUT2D eigenvalue weighted by atomic mass is 10.1. The van der Waals surface area contributed by atoms with Crippen molar-refractivity contribution < 1.29 is 14.3 Å². The van der Waals surface area contributed by atoms with E-state index in [-0.39, 0.29) is 24.1 Å². The third-order valence-corrected chi connectivity index (χ3v) is 2.62. The first-order chi connectivity index (χ1) is 8.65. The summed E-state index contributed by atoms with van der Waals surface area (Å²) in [5, 5.41) is 12.1. The smallest absolute Gasteiger partial charge is 0.225 e. The Morgan fingerprint density at radius 2 is 2.22 bits per heavy atom. The van der Waals surface area contributed by atoms with Crippen molar-refractivity contribution in [3.63, 3.8) is 0 Å². The van der Waals surface area contributed by atoms with Gasteiger partial charge < -0.3 is 14.8 Å². The lowest BCUT2D eigenvalue weighted by Crippen LogP contribution is -2.27. The first kappa shape index (κ1) is 12.2. The highest BCUT2D eigenvalue weighted by Gasteiger charge is 2.12. The molecule has 0 aliphatic rings. The minimum Gasteiger partial charge on any atom is -0.508 e. The molecular formula is C14H15NO3. The van der Waals surface area contributed by atoms with Gasteiger partial charge in [-0.25, -0.2) is 0 Å². The molecule has 0 saturated heterocycles. The Morgan fingerprint density at radius 3 is 2.89 bits per heavy atom. The molecule has 2 rings (SSSR count). The predicted octanol–water partition coefficient (Wildman–Crippen LogP) is 2.41. The summed E-state index contributed by atoms with van der Waals surface area (Å²) in [6, 6.07) is 10.1. The third-order valence-electron chi connectivity index (χ3n) is 2.62. The molecule has 0 saturated carbocycles. The van der Waals surface area contributed by atoms with Gasteiger partial charge in [0.2, 0.25) is 5.91 Å². The van der Waals surface area contributed by atoms with Gasteiger partial charge in [-0.15, -0.1) is 0 Å². The highest BCUT2D eigenvalue weighted by Crippen LogP contribution is 2.14. The summed E-state index contributed by atoms with van der Waals surface area (Å²) in [6.07, 6.45) is 1.81. The van der Waals surface area contributed by atoms with Crippen LogP contribution in [0.4, 0.5) is 0 Å². The molecule has 0 aliphatic carbocycles. The van der Waals surface area contributed by atoms with E-state index < -0.39 is 0 Å². The van der Waals surface area contributed by atoms with E-state index in [9.17, 15) is 9.90 Å². The number of hydrogen-bond acceptors (Lipinski definition) is 3. The molecule has 0 spiro atoms. The number of rotatable bonds is 4. The van der Waals surface area contributed by atoms with Gasteiger partial charge in [-0.05, 0) is 36.8 Å². The van der Waals surface area contributed by atoms with E-state index in [0.29, 0.717) is 0 Å². The largest absolute Gasteiger partial charge is 0.508 e. The Balaban J connectivity index is 1.93. The molecule has 0 fully saturated rings. The van der Waals surface area contributed by atoms with Crippen molar-refractivity contribution in [2.75, 3.05) is 0 Å². The molecular weight excluding hydrogens is 230 g/mol. The molecule has 18 heavy (non-hydrogen) atoms. The summed E-state index contributed by atoms with van der Waals surface area (Å²) in [7, 11) is 0. The summed E-state index contributed by atoms with van der Waals surface area (Å²) in [5.74, 6) is 0.781. The Bertz CT molecular complexity index is 520. The van der Waals surface area contributed by atoms with Gasteiger partial charge in [0.05, 0.1) is 18.7 Å². The fourth-order valence-corrected chi connectivity index (χ4v) is 1.75. The standard InChI is InChI=1S/C14H15NO3/c1-10(13-6-3-7-18-13)15-14(17)9-11-4-2-5-12(16)8-11/h2-8,10,16H,9H2,1H3,(H,15,17). The molecule has 1 unspecified atom stereocenters. The van der Waals surface area contributed by atoms with Crippen LogP contribution >= 0.6 is 0 Å². The zero-order chi connectivity index (χ0) is 13.0. The maximum Gasteiger partial charge on any atom is 0.225 e. The number of phenols is 1. The van der Waals surface area contributed by atoms with Crippen molar-refractivity contribution in [1.82, 2.24) is 5.32 Å². The van der Waals surface area contributed by atoms with Crippen LogP contribution in [0.5, 0.6) is 5.75 Å². The highest BCUT2D eigenvalue weighted by molar-refractivity contribution is 5.79. The van der Waals surface area contributed by atoms with Gasteiger partial charge in [0.25, 0.3) is 0 Å². The number of carbonyl (C=O) groups is 1. The van der Waals surface area contributed by atoms with Crippen LogP contribution in [0.3, 0.4) is 0 Å².